The largest absolute Gasteiger partial charge is 0.377 e. The van der Waals surface area contributed by atoms with E-state index in [-0.39, 0.29) is 12.1 Å². The van der Waals surface area contributed by atoms with Crippen LogP contribution in [0.5, 0.6) is 0 Å². The van der Waals surface area contributed by atoms with Crippen LogP contribution in [0.4, 0.5) is 10.5 Å². The molecule has 0 atom stereocenters. The SMILES string of the molecule is Cc1ccc(NC(=O)NC2COC2)cc1. The average Bonchev–Trinajstić information content (AvgIpc) is 2.16. The fourth-order valence-corrected chi connectivity index (χ4v) is 1.31. The molecular formula is C11H14N2O2. The molecule has 0 bridgehead atoms. The molecule has 15 heavy (non-hydrogen) atoms. The summed E-state index contributed by atoms with van der Waals surface area (Å²) in [6.45, 7) is 3.23. The highest BCUT2D eigenvalue weighted by Crippen LogP contribution is 2.08. The molecule has 0 spiro atoms. The second-order valence-corrected chi connectivity index (χ2v) is 3.70. The number of aryl methyl sites for hydroxylation is 1. The van der Waals surface area contributed by atoms with Crippen LogP contribution < -0.4 is 10.6 Å². The van der Waals surface area contributed by atoms with Crippen LogP contribution >= 0.6 is 0 Å². The molecule has 1 heterocycles. The molecule has 4 heteroatoms. The number of benzene rings is 1. The Hall–Kier alpha value is -1.55. The van der Waals surface area contributed by atoms with Gasteiger partial charge in [-0.15, -0.1) is 0 Å². The van der Waals surface area contributed by atoms with E-state index in [1.54, 1.807) is 0 Å². The summed E-state index contributed by atoms with van der Waals surface area (Å²) in [5.74, 6) is 0. The van der Waals surface area contributed by atoms with Crippen LogP contribution in [0.15, 0.2) is 24.3 Å². The van der Waals surface area contributed by atoms with E-state index in [1.807, 2.05) is 31.2 Å². The van der Waals surface area contributed by atoms with Crippen LogP contribution in [0.25, 0.3) is 0 Å². The summed E-state index contributed by atoms with van der Waals surface area (Å²) in [7, 11) is 0. The lowest BCUT2D eigenvalue weighted by atomic mass is 10.2. The number of rotatable bonds is 2. The lowest BCUT2D eigenvalue weighted by Crippen LogP contribution is -2.49. The number of hydrogen-bond acceptors (Lipinski definition) is 2. The van der Waals surface area contributed by atoms with Crippen molar-refractivity contribution in [3.63, 3.8) is 0 Å². The highest BCUT2D eigenvalue weighted by molar-refractivity contribution is 5.89. The number of carbonyl (C=O) groups is 1. The quantitative estimate of drug-likeness (QED) is 0.770. The summed E-state index contributed by atoms with van der Waals surface area (Å²) >= 11 is 0. The zero-order valence-electron chi connectivity index (χ0n) is 8.62. The zero-order chi connectivity index (χ0) is 10.7. The molecule has 80 valence electrons. The van der Waals surface area contributed by atoms with Gasteiger partial charge < -0.3 is 15.4 Å². The van der Waals surface area contributed by atoms with Gasteiger partial charge in [-0.25, -0.2) is 4.79 Å². The van der Waals surface area contributed by atoms with Gasteiger partial charge in [-0.3, -0.25) is 0 Å². The molecule has 1 saturated heterocycles. The number of anilines is 1. The number of hydrogen-bond donors (Lipinski definition) is 2. The van der Waals surface area contributed by atoms with Gasteiger partial charge in [-0.2, -0.15) is 0 Å². The van der Waals surface area contributed by atoms with E-state index in [9.17, 15) is 4.79 Å². The molecule has 2 N–H and O–H groups in total. The van der Waals surface area contributed by atoms with Crippen LogP contribution in [0.2, 0.25) is 0 Å². The first-order valence-corrected chi connectivity index (χ1v) is 4.96. The highest BCUT2D eigenvalue weighted by Gasteiger charge is 2.19. The molecule has 2 rings (SSSR count). The maximum atomic E-state index is 11.4. The molecule has 0 aliphatic carbocycles. The second-order valence-electron chi connectivity index (χ2n) is 3.70. The lowest BCUT2D eigenvalue weighted by molar-refractivity contribution is 0.000735. The van der Waals surface area contributed by atoms with Gasteiger partial charge in [0.05, 0.1) is 19.3 Å². The van der Waals surface area contributed by atoms with E-state index < -0.39 is 0 Å². The van der Waals surface area contributed by atoms with Crippen LogP contribution in [0.1, 0.15) is 5.56 Å². The average molecular weight is 206 g/mol. The number of urea groups is 1. The molecule has 0 saturated carbocycles. The first kappa shape index (κ1) is 9.98. The molecule has 0 radical (unpaired) electrons. The second kappa shape index (κ2) is 4.31. The van der Waals surface area contributed by atoms with Crippen molar-refractivity contribution in [2.45, 2.75) is 13.0 Å². The topological polar surface area (TPSA) is 50.4 Å². The Kier molecular flexibility index (Phi) is 2.87. The normalized spacial score (nSPS) is 15.5. The molecule has 1 aromatic rings. The minimum absolute atomic E-state index is 0.162. The Bertz CT molecular complexity index is 344. The van der Waals surface area contributed by atoms with Crippen molar-refractivity contribution in [3.05, 3.63) is 29.8 Å². The predicted octanol–water partition coefficient (Wildman–Crippen LogP) is 1.52. The van der Waals surface area contributed by atoms with Crippen LogP contribution in [0, 0.1) is 6.92 Å². The Morgan fingerprint density at radius 2 is 2.00 bits per heavy atom. The van der Waals surface area contributed by atoms with E-state index >= 15 is 0 Å². The fourth-order valence-electron chi connectivity index (χ4n) is 1.31. The summed E-state index contributed by atoms with van der Waals surface area (Å²) in [6.07, 6.45) is 0. The van der Waals surface area contributed by atoms with Crippen molar-refractivity contribution in [1.29, 1.82) is 0 Å². The van der Waals surface area contributed by atoms with Crippen molar-refractivity contribution in [3.8, 4) is 0 Å². The molecule has 0 unspecified atom stereocenters. The van der Waals surface area contributed by atoms with Crippen LogP contribution in [0.3, 0.4) is 0 Å². The van der Waals surface area contributed by atoms with Gasteiger partial charge in [0.25, 0.3) is 0 Å². The summed E-state index contributed by atoms with van der Waals surface area (Å²) in [5, 5.41) is 5.57. The molecule has 2 amide bonds. The number of ether oxygens (including phenoxy) is 1. The van der Waals surface area contributed by atoms with E-state index in [4.69, 9.17) is 4.74 Å². The standard InChI is InChI=1S/C11H14N2O2/c1-8-2-4-9(5-3-8)12-11(14)13-10-6-15-7-10/h2-5,10H,6-7H2,1H3,(H2,12,13,14). The maximum Gasteiger partial charge on any atom is 0.319 e. The Morgan fingerprint density at radius 1 is 1.33 bits per heavy atom. The van der Waals surface area contributed by atoms with Crippen LogP contribution in [-0.4, -0.2) is 25.3 Å². The van der Waals surface area contributed by atoms with Crippen molar-refractivity contribution >= 4 is 11.7 Å². The summed E-state index contributed by atoms with van der Waals surface area (Å²) in [5.41, 5.74) is 1.98. The molecule has 0 aromatic heterocycles. The molecule has 1 aliphatic rings. The molecule has 1 fully saturated rings. The van der Waals surface area contributed by atoms with Gasteiger partial charge in [0.15, 0.2) is 0 Å². The van der Waals surface area contributed by atoms with Crippen molar-refractivity contribution in [2.24, 2.45) is 0 Å². The van der Waals surface area contributed by atoms with Gasteiger partial charge in [0.1, 0.15) is 0 Å². The fraction of sp³-hybridized carbons (Fsp3) is 0.364. The minimum atomic E-state index is -0.174. The zero-order valence-corrected chi connectivity index (χ0v) is 8.62. The monoisotopic (exact) mass is 206 g/mol. The third-order valence-corrected chi connectivity index (χ3v) is 2.28. The molecule has 1 aromatic carbocycles. The lowest BCUT2D eigenvalue weighted by Gasteiger charge is -2.26. The van der Waals surface area contributed by atoms with E-state index in [2.05, 4.69) is 10.6 Å². The van der Waals surface area contributed by atoms with E-state index in [0.717, 1.165) is 5.69 Å². The van der Waals surface area contributed by atoms with Crippen molar-refractivity contribution in [1.82, 2.24) is 5.32 Å². The third kappa shape index (κ3) is 2.70. The van der Waals surface area contributed by atoms with Crippen LogP contribution in [-0.2, 0) is 4.74 Å². The number of amides is 2. The summed E-state index contributed by atoms with van der Waals surface area (Å²) in [6, 6.07) is 7.67. The molecule has 1 aliphatic heterocycles. The summed E-state index contributed by atoms with van der Waals surface area (Å²) in [4.78, 5) is 11.4. The third-order valence-electron chi connectivity index (χ3n) is 2.28. The molecule has 4 nitrogen and oxygen atoms in total. The Morgan fingerprint density at radius 3 is 2.53 bits per heavy atom. The predicted molar refractivity (Wildman–Crippen MR) is 57.9 cm³/mol. The first-order chi connectivity index (χ1) is 7.24. The minimum Gasteiger partial charge on any atom is -0.377 e. The van der Waals surface area contributed by atoms with Crippen molar-refractivity contribution in [2.75, 3.05) is 18.5 Å². The summed E-state index contributed by atoms with van der Waals surface area (Å²) < 4.78 is 4.96. The van der Waals surface area contributed by atoms with Gasteiger partial charge >= 0.3 is 6.03 Å². The first-order valence-electron chi connectivity index (χ1n) is 4.96. The van der Waals surface area contributed by atoms with Gasteiger partial charge in [-0.05, 0) is 19.1 Å². The maximum absolute atomic E-state index is 11.4. The van der Waals surface area contributed by atoms with Gasteiger partial charge in [0, 0.05) is 5.69 Å². The van der Waals surface area contributed by atoms with Gasteiger partial charge in [-0.1, -0.05) is 17.7 Å². The Labute approximate surface area is 88.6 Å². The smallest absolute Gasteiger partial charge is 0.319 e. The van der Waals surface area contributed by atoms with Gasteiger partial charge in [0.2, 0.25) is 0 Å². The number of nitrogens with one attached hydrogen (secondary N) is 2. The number of carbonyl (C=O) groups excluding carboxylic acids is 1. The highest BCUT2D eigenvalue weighted by atomic mass is 16.5. The molecular weight excluding hydrogens is 192 g/mol. The Balaban J connectivity index is 1.84. The van der Waals surface area contributed by atoms with E-state index in [0.29, 0.717) is 13.2 Å². The van der Waals surface area contributed by atoms with E-state index in [1.165, 1.54) is 5.56 Å². The van der Waals surface area contributed by atoms with Crippen molar-refractivity contribution < 1.29 is 9.53 Å².